The summed E-state index contributed by atoms with van der Waals surface area (Å²) in [7, 11) is 2.21. The summed E-state index contributed by atoms with van der Waals surface area (Å²) in [5, 5.41) is 5.23. The van der Waals surface area contributed by atoms with Crippen LogP contribution < -0.4 is 15.2 Å². The lowest BCUT2D eigenvalue weighted by molar-refractivity contribution is 0.174. The fourth-order valence-corrected chi connectivity index (χ4v) is 5.11. The molecule has 0 saturated carbocycles. The van der Waals surface area contributed by atoms with Crippen LogP contribution in [0.2, 0.25) is 0 Å². The maximum Gasteiger partial charge on any atom is 0.231 e. The fraction of sp³-hybridized carbons (Fsp3) is 0.591. The van der Waals surface area contributed by atoms with E-state index in [1.54, 1.807) is 0 Å². The van der Waals surface area contributed by atoms with Gasteiger partial charge in [-0.1, -0.05) is 0 Å². The van der Waals surface area contributed by atoms with E-state index in [0.717, 1.165) is 55.2 Å². The van der Waals surface area contributed by atoms with Crippen molar-refractivity contribution in [1.82, 2.24) is 14.7 Å². The predicted molar refractivity (Wildman–Crippen MR) is 109 cm³/mol. The number of hydrogen-bond acceptors (Lipinski definition) is 5. The Morgan fingerprint density at radius 2 is 1.96 bits per heavy atom. The average Bonchev–Trinajstić information content (AvgIpc) is 3.33. The van der Waals surface area contributed by atoms with E-state index in [0.29, 0.717) is 18.8 Å². The zero-order valence-corrected chi connectivity index (χ0v) is 16.7. The molecule has 0 radical (unpaired) electrons. The molecule has 0 spiro atoms. The van der Waals surface area contributed by atoms with Crippen LogP contribution in [0.1, 0.15) is 55.3 Å². The highest BCUT2D eigenvalue weighted by atomic mass is 16.7. The lowest BCUT2D eigenvalue weighted by Crippen LogP contribution is -2.32. The first-order valence-corrected chi connectivity index (χ1v) is 10.6. The predicted octanol–water partition coefficient (Wildman–Crippen LogP) is 3.31. The quantitative estimate of drug-likeness (QED) is 0.879. The topological polar surface area (TPSA) is 65.5 Å². The monoisotopic (exact) mass is 382 g/mol. The SMILES string of the molecule is CN1CCC(n2nc(-c3ccc4c(c3)OCO4)c3c2CCCC3CCN)CC1. The molecule has 0 amide bonds. The Bertz CT molecular complexity index is 854. The van der Waals surface area contributed by atoms with E-state index >= 15 is 0 Å². The molecule has 3 aliphatic rings. The highest BCUT2D eigenvalue weighted by Gasteiger charge is 2.32. The molecular formula is C22H30N4O2. The van der Waals surface area contributed by atoms with E-state index in [2.05, 4.69) is 28.8 Å². The molecule has 1 aromatic carbocycles. The van der Waals surface area contributed by atoms with Crippen molar-refractivity contribution in [3.8, 4) is 22.8 Å². The molecule has 28 heavy (non-hydrogen) atoms. The van der Waals surface area contributed by atoms with E-state index in [1.165, 1.54) is 36.9 Å². The summed E-state index contributed by atoms with van der Waals surface area (Å²) < 4.78 is 13.5. The van der Waals surface area contributed by atoms with Gasteiger partial charge in [-0.3, -0.25) is 4.68 Å². The van der Waals surface area contributed by atoms with E-state index in [4.69, 9.17) is 20.3 Å². The Hall–Kier alpha value is -2.05. The van der Waals surface area contributed by atoms with E-state index < -0.39 is 0 Å². The van der Waals surface area contributed by atoms with Gasteiger partial charge in [0.25, 0.3) is 0 Å². The molecule has 1 saturated heterocycles. The van der Waals surface area contributed by atoms with Crippen molar-refractivity contribution in [2.75, 3.05) is 33.5 Å². The number of benzene rings is 1. The highest BCUT2D eigenvalue weighted by molar-refractivity contribution is 5.69. The molecule has 2 N–H and O–H groups in total. The second-order valence-electron chi connectivity index (χ2n) is 8.42. The lowest BCUT2D eigenvalue weighted by Gasteiger charge is -2.31. The minimum absolute atomic E-state index is 0.302. The molecule has 5 rings (SSSR count). The zero-order valence-electron chi connectivity index (χ0n) is 16.7. The third-order valence-electron chi connectivity index (χ3n) is 6.62. The number of ether oxygens (including phenoxy) is 2. The first-order valence-electron chi connectivity index (χ1n) is 10.6. The van der Waals surface area contributed by atoms with Gasteiger partial charge in [-0.05, 0) is 89.3 Å². The van der Waals surface area contributed by atoms with Gasteiger partial charge in [-0.2, -0.15) is 5.10 Å². The average molecular weight is 383 g/mol. The number of nitrogens with two attached hydrogens (primary N) is 1. The summed E-state index contributed by atoms with van der Waals surface area (Å²) in [5.41, 5.74) is 11.1. The Balaban J connectivity index is 1.59. The van der Waals surface area contributed by atoms with Gasteiger partial charge in [0.15, 0.2) is 11.5 Å². The van der Waals surface area contributed by atoms with Gasteiger partial charge in [0, 0.05) is 16.8 Å². The van der Waals surface area contributed by atoms with Crippen LogP contribution in [0.25, 0.3) is 11.3 Å². The molecule has 1 unspecified atom stereocenters. The summed E-state index contributed by atoms with van der Waals surface area (Å²) in [5.74, 6) is 2.16. The first-order chi connectivity index (χ1) is 13.7. The molecule has 1 atom stereocenters. The molecule has 6 heteroatoms. The number of piperidine rings is 1. The largest absolute Gasteiger partial charge is 0.454 e. The third-order valence-corrected chi connectivity index (χ3v) is 6.62. The summed E-state index contributed by atoms with van der Waals surface area (Å²) >= 11 is 0. The van der Waals surface area contributed by atoms with Crippen molar-refractivity contribution in [3.05, 3.63) is 29.5 Å². The van der Waals surface area contributed by atoms with Gasteiger partial charge < -0.3 is 20.1 Å². The Morgan fingerprint density at radius 3 is 2.79 bits per heavy atom. The van der Waals surface area contributed by atoms with Crippen molar-refractivity contribution in [1.29, 1.82) is 0 Å². The van der Waals surface area contributed by atoms with Crippen LogP contribution in [0.15, 0.2) is 18.2 Å². The Morgan fingerprint density at radius 1 is 1.14 bits per heavy atom. The van der Waals surface area contributed by atoms with Crippen LogP contribution in [0.5, 0.6) is 11.5 Å². The Kier molecular flexibility index (Phi) is 4.77. The number of nitrogens with zero attached hydrogens (tertiary/aromatic N) is 3. The summed E-state index contributed by atoms with van der Waals surface area (Å²) in [6.45, 7) is 3.32. The van der Waals surface area contributed by atoms with Crippen molar-refractivity contribution in [3.63, 3.8) is 0 Å². The first kappa shape index (κ1) is 18.0. The van der Waals surface area contributed by atoms with Crippen LogP contribution in [-0.2, 0) is 6.42 Å². The van der Waals surface area contributed by atoms with E-state index in [-0.39, 0.29) is 0 Å². The maximum atomic E-state index is 5.97. The van der Waals surface area contributed by atoms with Crippen LogP contribution >= 0.6 is 0 Å². The third kappa shape index (κ3) is 3.08. The number of aromatic nitrogens is 2. The fourth-order valence-electron chi connectivity index (χ4n) is 5.11. The maximum absolute atomic E-state index is 5.97. The lowest BCUT2D eigenvalue weighted by atomic mass is 9.82. The number of likely N-dealkylation sites (tertiary alicyclic amines) is 1. The minimum atomic E-state index is 0.302. The zero-order chi connectivity index (χ0) is 19.1. The van der Waals surface area contributed by atoms with Gasteiger partial charge in [-0.25, -0.2) is 0 Å². The second kappa shape index (κ2) is 7.41. The van der Waals surface area contributed by atoms with E-state index in [1.807, 2.05) is 6.07 Å². The number of rotatable bonds is 4. The molecule has 1 aliphatic carbocycles. The van der Waals surface area contributed by atoms with Crippen LogP contribution in [-0.4, -0.2) is 48.2 Å². The highest BCUT2D eigenvalue weighted by Crippen LogP contribution is 2.44. The smallest absolute Gasteiger partial charge is 0.231 e. The van der Waals surface area contributed by atoms with Crippen molar-refractivity contribution < 1.29 is 9.47 Å². The van der Waals surface area contributed by atoms with Gasteiger partial charge in [-0.15, -0.1) is 0 Å². The van der Waals surface area contributed by atoms with Crippen LogP contribution in [0.3, 0.4) is 0 Å². The molecule has 1 aromatic heterocycles. The van der Waals surface area contributed by atoms with Gasteiger partial charge in [0.2, 0.25) is 6.79 Å². The van der Waals surface area contributed by atoms with Gasteiger partial charge in [0.05, 0.1) is 11.7 Å². The Labute approximate surface area is 166 Å². The van der Waals surface area contributed by atoms with Crippen molar-refractivity contribution in [2.45, 2.75) is 50.5 Å². The molecule has 0 bridgehead atoms. The molecule has 3 heterocycles. The summed E-state index contributed by atoms with van der Waals surface area (Å²) in [6.07, 6.45) is 6.95. The van der Waals surface area contributed by atoms with Gasteiger partial charge in [0.1, 0.15) is 0 Å². The standard InChI is InChI=1S/C22H30N4O2/c1-25-11-8-17(9-12-25)26-18-4-2-3-15(7-10-23)21(18)22(24-26)16-5-6-19-20(13-16)28-14-27-19/h5-6,13,15,17H,2-4,7-12,14,23H2,1H3. The van der Waals surface area contributed by atoms with E-state index in [9.17, 15) is 0 Å². The summed E-state index contributed by atoms with van der Waals surface area (Å²) in [4.78, 5) is 2.42. The molecule has 2 aliphatic heterocycles. The normalized spacial score (nSPS) is 22.4. The summed E-state index contributed by atoms with van der Waals surface area (Å²) in [6, 6.07) is 6.74. The molecular weight excluding hydrogens is 352 g/mol. The minimum Gasteiger partial charge on any atom is -0.454 e. The number of hydrogen-bond donors (Lipinski definition) is 1. The second-order valence-corrected chi connectivity index (χ2v) is 8.42. The van der Waals surface area contributed by atoms with Gasteiger partial charge >= 0.3 is 0 Å². The number of fused-ring (bicyclic) bond motifs is 2. The molecule has 1 fully saturated rings. The van der Waals surface area contributed by atoms with Crippen LogP contribution in [0, 0.1) is 0 Å². The van der Waals surface area contributed by atoms with Crippen LogP contribution in [0.4, 0.5) is 0 Å². The molecule has 6 nitrogen and oxygen atoms in total. The van der Waals surface area contributed by atoms with Crippen molar-refractivity contribution in [2.24, 2.45) is 5.73 Å². The molecule has 150 valence electrons. The molecule has 2 aromatic rings. The van der Waals surface area contributed by atoms with Crippen molar-refractivity contribution >= 4 is 0 Å².